The number of nitrogens with one attached hydrogen (secondary N) is 2. The van der Waals surface area contributed by atoms with E-state index in [9.17, 15) is 0 Å². The molecule has 1 aliphatic rings. The third-order valence-electron chi connectivity index (χ3n) is 5.11. The molecule has 0 amide bonds. The predicted molar refractivity (Wildman–Crippen MR) is 113 cm³/mol. The Hall–Kier alpha value is -2.47. The number of furan rings is 1. The maximum Gasteiger partial charge on any atom is 0.191 e. The number of aliphatic imine (C=N–C) groups is 1. The van der Waals surface area contributed by atoms with Crippen molar-refractivity contribution in [3.63, 3.8) is 0 Å². The number of rotatable bonds is 8. The van der Waals surface area contributed by atoms with Gasteiger partial charge in [-0.2, -0.15) is 0 Å². The lowest BCUT2D eigenvalue weighted by Crippen LogP contribution is -2.42. The molecule has 152 valence electrons. The van der Waals surface area contributed by atoms with E-state index in [-0.39, 0.29) is 6.04 Å². The molecule has 6 nitrogen and oxygen atoms in total. The summed E-state index contributed by atoms with van der Waals surface area (Å²) in [5.41, 5.74) is 2.26. The van der Waals surface area contributed by atoms with Crippen LogP contribution in [0.4, 0.5) is 0 Å². The summed E-state index contributed by atoms with van der Waals surface area (Å²) >= 11 is 0. The average Bonchev–Trinajstić information content (AvgIpc) is 3.41. The maximum atomic E-state index is 5.71. The van der Waals surface area contributed by atoms with Gasteiger partial charge in [-0.3, -0.25) is 4.90 Å². The molecule has 6 heteroatoms. The zero-order valence-corrected chi connectivity index (χ0v) is 17.2. The van der Waals surface area contributed by atoms with Gasteiger partial charge < -0.3 is 19.8 Å². The molecule has 0 spiro atoms. The molecule has 1 fully saturated rings. The van der Waals surface area contributed by atoms with Crippen molar-refractivity contribution in [1.29, 1.82) is 0 Å². The van der Waals surface area contributed by atoms with Crippen LogP contribution in [-0.4, -0.2) is 44.1 Å². The van der Waals surface area contributed by atoms with Crippen LogP contribution in [0, 0.1) is 6.92 Å². The van der Waals surface area contributed by atoms with Gasteiger partial charge >= 0.3 is 0 Å². The van der Waals surface area contributed by atoms with Crippen LogP contribution >= 0.6 is 0 Å². The predicted octanol–water partition coefficient (Wildman–Crippen LogP) is 3.49. The highest BCUT2D eigenvalue weighted by atomic mass is 16.5. The van der Waals surface area contributed by atoms with Crippen LogP contribution < -0.4 is 15.4 Å². The fourth-order valence-electron chi connectivity index (χ4n) is 3.63. The molecule has 1 aromatic carbocycles. The highest BCUT2D eigenvalue weighted by Gasteiger charge is 2.25. The summed E-state index contributed by atoms with van der Waals surface area (Å²) < 4.78 is 11.2. The zero-order chi connectivity index (χ0) is 19.8. The quantitative estimate of drug-likeness (QED) is 0.539. The van der Waals surface area contributed by atoms with Gasteiger partial charge in [0.05, 0.1) is 26.0 Å². The van der Waals surface area contributed by atoms with E-state index in [1.165, 1.54) is 18.4 Å². The molecule has 0 bridgehead atoms. The van der Waals surface area contributed by atoms with Gasteiger partial charge in [-0.25, -0.2) is 4.99 Å². The molecule has 1 unspecified atom stereocenters. The van der Waals surface area contributed by atoms with E-state index in [0.717, 1.165) is 49.2 Å². The molecule has 0 saturated carbocycles. The summed E-state index contributed by atoms with van der Waals surface area (Å²) in [5.74, 6) is 2.69. The lowest BCUT2D eigenvalue weighted by atomic mass is 10.1. The Labute approximate surface area is 168 Å². The van der Waals surface area contributed by atoms with Crippen molar-refractivity contribution >= 4 is 5.96 Å². The number of ether oxygens (including phenoxy) is 1. The Morgan fingerprint density at radius 3 is 2.75 bits per heavy atom. The van der Waals surface area contributed by atoms with E-state index >= 15 is 0 Å². The van der Waals surface area contributed by atoms with Crippen molar-refractivity contribution < 1.29 is 9.15 Å². The van der Waals surface area contributed by atoms with Crippen LogP contribution in [0.3, 0.4) is 0 Å². The number of hydrogen-bond donors (Lipinski definition) is 2. The van der Waals surface area contributed by atoms with Crippen LogP contribution in [0.2, 0.25) is 0 Å². The summed E-state index contributed by atoms with van der Waals surface area (Å²) in [6.07, 6.45) is 4.25. The van der Waals surface area contributed by atoms with Crippen LogP contribution in [0.5, 0.6) is 5.75 Å². The van der Waals surface area contributed by atoms with E-state index in [4.69, 9.17) is 14.1 Å². The lowest BCUT2D eigenvalue weighted by Gasteiger charge is -2.26. The topological polar surface area (TPSA) is 62.0 Å². The Bertz CT molecular complexity index is 752. The number of hydrogen-bond acceptors (Lipinski definition) is 4. The molecule has 1 atom stereocenters. The van der Waals surface area contributed by atoms with Gasteiger partial charge in [-0.1, -0.05) is 12.1 Å². The van der Waals surface area contributed by atoms with Crippen molar-refractivity contribution in [2.75, 3.05) is 33.3 Å². The van der Waals surface area contributed by atoms with Crippen molar-refractivity contribution in [3.05, 3.63) is 53.5 Å². The minimum absolute atomic E-state index is 0.218. The van der Waals surface area contributed by atoms with Crippen molar-refractivity contribution in [3.8, 4) is 5.75 Å². The van der Waals surface area contributed by atoms with Crippen molar-refractivity contribution in [1.82, 2.24) is 15.5 Å². The minimum atomic E-state index is 0.218. The van der Waals surface area contributed by atoms with Crippen molar-refractivity contribution in [2.24, 2.45) is 4.99 Å². The SMILES string of the molecule is CCNC(=NCc1ccc(C)cc1OC)NCC(c1ccco1)N1CCCC1. The molecule has 2 aromatic rings. The molecule has 0 aliphatic carbocycles. The van der Waals surface area contributed by atoms with E-state index in [1.54, 1.807) is 13.4 Å². The smallest absolute Gasteiger partial charge is 0.191 e. The van der Waals surface area contributed by atoms with Gasteiger partial charge in [0.25, 0.3) is 0 Å². The number of likely N-dealkylation sites (tertiary alicyclic amines) is 1. The van der Waals surface area contributed by atoms with E-state index in [2.05, 4.69) is 47.6 Å². The zero-order valence-electron chi connectivity index (χ0n) is 17.2. The monoisotopic (exact) mass is 384 g/mol. The molecule has 1 saturated heterocycles. The summed E-state index contributed by atoms with van der Waals surface area (Å²) in [7, 11) is 1.70. The molecular weight excluding hydrogens is 352 g/mol. The van der Waals surface area contributed by atoms with Gasteiger partial charge in [0, 0.05) is 18.7 Å². The highest BCUT2D eigenvalue weighted by Crippen LogP contribution is 2.25. The largest absolute Gasteiger partial charge is 0.496 e. The lowest BCUT2D eigenvalue weighted by molar-refractivity contribution is 0.215. The number of benzene rings is 1. The average molecular weight is 385 g/mol. The summed E-state index contributed by atoms with van der Waals surface area (Å²) in [5, 5.41) is 6.84. The van der Waals surface area contributed by atoms with Crippen LogP contribution in [0.25, 0.3) is 0 Å². The molecular formula is C22H32N4O2. The first-order chi connectivity index (χ1) is 13.7. The highest BCUT2D eigenvalue weighted by molar-refractivity contribution is 5.79. The van der Waals surface area contributed by atoms with Gasteiger partial charge in [-0.05, 0) is 63.5 Å². The van der Waals surface area contributed by atoms with E-state index < -0.39 is 0 Å². The Kier molecular flexibility index (Phi) is 7.37. The molecule has 0 radical (unpaired) electrons. The second kappa shape index (κ2) is 10.2. The standard InChI is InChI=1S/C22H32N4O2/c1-4-23-22(24-15-18-10-9-17(2)14-21(18)27-3)25-16-19(20-8-7-13-28-20)26-11-5-6-12-26/h7-10,13-14,19H,4-6,11-12,15-16H2,1-3H3,(H2,23,24,25). The number of aryl methyl sites for hydroxylation is 1. The molecule has 3 rings (SSSR count). The molecule has 2 N–H and O–H groups in total. The number of nitrogens with zero attached hydrogens (tertiary/aromatic N) is 2. The van der Waals surface area contributed by atoms with Gasteiger partial charge in [0.2, 0.25) is 0 Å². The van der Waals surface area contributed by atoms with Crippen LogP contribution in [0.15, 0.2) is 46.0 Å². The van der Waals surface area contributed by atoms with Gasteiger partial charge in [0.1, 0.15) is 11.5 Å². The maximum absolute atomic E-state index is 5.71. The first-order valence-corrected chi connectivity index (χ1v) is 10.1. The number of methoxy groups -OCH3 is 1. The first-order valence-electron chi connectivity index (χ1n) is 10.1. The van der Waals surface area contributed by atoms with E-state index in [1.807, 2.05) is 12.1 Å². The van der Waals surface area contributed by atoms with Crippen LogP contribution in [0.1, 0.15) is 42.7 Å². The van der Waals surface area contributed by atoms with Crippen molar-refractivity contribution in [2.45, 2.75) is 39.3 Å². The summed E-state index contributed by atoms with van der Waals surface area (Å²) in [4.78, 5) is 7.25. The molecule has 2 heterocycles. The molecule has 1 aliphatic heterocycles. The third-order valence-corrected chi connectivity index (χ3v) is 5.11. The van der Waals surface area contributed by atoms with Crippen LogP contribution in [-0.2, 0) is 6.54 Å². The van der Waals surface area contributed by atoms with Gasteiger partial charge in [0.15, 0.2) is 5.96 Å². The Morgan fingerprint density at radius 1 is 1.25 bits per heavy atom. The van der Waals surface area contributed by atoms with Gasteiger partial charge in [-0.15, -0.1) is 0 Å². The molecule has 1 aromatic heterocycles. The Morgan fingerprint density at radius 2 is 2.07 bits per heavy atom. The Balaban J connectivity index is 1.68. The summed E-state index contributed by atoms with van der Waals surface area (Å²) in [6.45, 7) is 8.50. The second-order valence-corrected chi connectivity index (χ2v) is 7.17. The summed E-state index contributed by atoms with van der Waals surface area (Å²) in [6, 6.07) is 10.5. The third kappa shape index (κ3) is 5.29. The minimum Gasteiger partial charge on any atom is -0.496 e. The first kappa shape index (κ1) is 20.3. The fourth-order valence-corrected chi connectivity index (χ4v) is 3.63. The van der Waals surface area contributed by atoms with E-state index in [0.29, 0.717) is 6.54 Å². The normalized spacial score (nSPS) is 16.2. The molecule has 28 heavy (non-hydrogen) atoms. The number of guanidine groups is 1. The second-order valence-electron chi connectivity index (χ2n) is 7.17. The fraction of sp³-hybridized carbons (Fsp3) is 0.500.